The molecule has 0 saturated carbocycles. The second-order valence-corrected chi connectivity index (χ2v) is 5.71. The van der Waals surface area contributed by atoms with Crippen molar-refractivity contribution < 1.29 is 18.0 Å². The van der Waals surface area contributed by atoms with Gasteiger partial charge in [0, 0.05) is 11.9 Å². The summed E-state index contributed by atoms with van der Waals surface area (Å²) < 4.78 is 40.4. The van der Waals surface area contributed by atoms with Crippen molar-refractivity contribution in [3.63, 3.8) is 0 Å². The van der Waals surface area contributed by atoms with E-state index in [-0.39, 0.29) is 5.69 Å². The molecule has 1 heterocycles. The molecule has 0 aliphatic heterocycles. The second-order valence-electron chi connectivity index (χ2n) is 5.27. The van der Waals surface area contributed by atoms with Crippen LogP contribution in [0.5, 0.6) is 0 Å². The minimum atomic E-state index is -4.56. The number of nitrogens with zero attached hydrogens (tertiary/aromatic N) is 2. The third-order valence-corrected chi connectivity index (χ3v) is 3.62. The van der Waals surface area contributed by atoms with Gasteiger partial charge >= 0.3 is 12.2 Å². The number of hydrogen-bond acceptors (Lipinski definition) is 2. The Morgan fingerprint density at radius 1 is 1.04 bits per heavy atom. The minimum Gasteiger partial charge on any atom is -0.308 e. The molecule has 0 radical (unpaired) electrons. The summed E-state index contributed by atoms with van der Waals surface area (Å²) in [5.74, 6) is 0. The Labute approximate surface area is 151 Å². The first kappa shape index (κ1) is 17.8. The van der Waals surface area contributed by atoms with Gasteiger partial charge in [-0.25, -0.2) is 9.48 Å². The molecule has 0 aliphatic carbocycles. The highest BCUT2D eigenvalue weighted by Crippen LogP contribution is 2.34. The molecule has 134 valence electrons. The van der Waals surface area contributed by atoms with Gasteiger partial charge in [-0.05, 0) is 36.4 Å². The quantitative estimate of drug-likeness (QED) is 0.657. The van der Waals surface area contributed by atoms with E-state index in [4.69, 9.17) is 11.6 Å². The Bertz CT molecular complexity index is 922. The fourth-order valence-corrected chi connectivity index (χ4v) is 2.40. The van der Waals surface area contributed by atoms with Gasteiger partial charge in [-0.15, -0.1) is 0 Å². The van der Waals surface area contributed by atoms with Crippen LogP contribution in [-0.2, 0) is 6.18 Å². The molecule has 0 aliphatic rings. The van der Waals surface area contributed by atoms with Crippen molar-refractivity contribution in [1.82, 2.24) is 9.78 Å². The molecule has 0 atom stereocenters. The fourth-order valence-electron chi connectivity index (χ4n) is 2.26. The number of rotatable bonds is 3. The summed E-state index contributed by atoms with van der Waals surface area (Å²) in [6, 6.07) is 10.5. The second kappa shape index (κ2) is 7.09. The summed E-state index contributed by atoms with van der Waals surface area (Å²) in [5, 5.41) is 9.22. The van der Waals surface area contributed by atoms with Gasteiger partial charge in [0.15, 0.2) is 0 Å². The number of para-hydroxylation sites is 1. The minimum absolute atomic E-state index is 0.319. The fraction of sp³-hybridized carbons (Fsp3) is 0.0588. The summed E-state index contributed by atoms with van der Waals surface area (Å²) in [6.45, 7) is 0. The van der Waals surface area contributed by atoms with E-state index in [9.17, 15) is 18.0 Å². The first-order valence-corrected chi connectivity index (χ1v) is 7.75. The molecular formula is C17H12ClF3N4O. The van der Waals surface area contributed by atoms with Crippen LogP contribution in [0.2, 0.25) is 5.02 Å². The van der Waals surface area contributed by atoms with Crippen LogP contribution in [-0.4, -0.2) is 15.8 Å². The van der Waals surface area contributed by atoms with Crippen molar-refractivity contribution in [1.29, 1.82) is 0 Å². The summed E-state index contributed by atoms with van der Waals surface area (Å²) in [4.78, 5) is 12.0. The zero-order valence-electron chi connectivity index (χ0n) is 13.1. The molecule has 3 rings (SSSR count). The highest BCUT2D eigenvalue weighted by molar-refractivity contribution is 6.30. The Morgan fingerprint density at radius 2 is 1.73 bits per heavy atom. The Balaban J connectivity index is 1.69. The maximum absolute atomic E-state index is 12.9. The van der Waals surface area contributed by atoms with Crippen LogP contribution in [0.15, 0.2) is 60.9 Å². The number of halogens is 4. The number of alkyl halides is 3. The van der Waals surface area contributed by atoms with Gasteiger partial charge in [0.1, 0.15) is 0 Å². The van der Waals surface area contributed by atoms with Crippen LogP contribution in [0.25, 0.3) is 5.69 Å². The lowest BCUT2D eigenvalue weighted by Crippen LogP contribution is -2.21. The summed E-state index contributed by atoms with van der Waals surface area (Å²) in [7, 11) is 0. The third-order valence-electron chi connectivity index (χ3n) is 3.42. The number of hydrogen-bond donors (Lipinski definition) is 2. The summed E-state index contributed by atoms with van der Waals surface area (Å²) in [5.41, 5.74) is -0.111. The van der Waals surface area contributed by atoms with E-state index < -0.39 is 17.8 Å². The van der Waals surface area contributed by atoms with Gasteiger partial charge in [-0.2, -0.15) is 18.3 Å². The molecule has 9 heteroatoms. The molecule has 0 saturated heterocycles. The van der Waals surface area contributed by atoms with E-state index in [1.807, 2.05) is 0 Å². The normalized spacial score (nSPS) is 11.2. The first-order chi connectivity index (χ1) is 12.3. The number of carbonyl (C=O) groups excluding carboxylic acids is 1. The lowest BCUT2D eigenvalue weighted by Gasteiger charge is -2.14. The number of anilines is 2. The van der Waals surface area contributed by atoms with E-state index in [2.05, 4.69) is 15.7 Å². The average molecular weight is 381 g/mol. The Hall–Kier alpha value is -3.00. The summed E-state index contributed by atoms with van der Waals surface area (Å²) >= 11 is 5.80. The highest BCUT2D eigenvalue weighted by Gasteiger charge is 2.33. The topological polar surface area (TPSA) is 59.0 Å². The largest absolute Gasteiger partial charge is 0.418 e. The summed E-state index contributed by atoms with van der Waals surface area (Å²) in [6.07, 6.45) is -1.46. The number of nitrogens with one attached hydrogen (secondary N) is 2. The molecule has 1 aromatic heterocycles. The molecular weight excluding hydrogens is 369 g/mol. The molecule has 26 heavy (non-hydrogen) atoms. The van der Waals surface area contributed by atoms with Crippen molar-refractivity contribution in [2.24, 2.45) is 0 Å². The van der Waals surface area contributed by atoms with Gasteiger partial charge in [0.05, 0.1) is 28.2 Å². The Kier molecular flexibility index (Phi) is 4.85. The smallest absolute Gasteiger partial charge is 0.308 e. The van der Waals surface area contributed by atoms with E-state index in [0.717, 1.165) is 6.07 Å². The van der Waals surface area contributed by atoms with Crippen LogP contribution < -0.4 is 10.6 Å². The molecule has 0 unspecified atom stereocenters. The highest BCUT2D eigenvalue weighted by atomic mass is 35.5. The molecule has 2 amide bonds. The van der Waals surface area contributed by atoms with Crippen molar-refractivity contribution in [3.05, 3.63) is 71.5 Å². The Morgan fingerprint density at radius 3 is 2.35 bits per heavy atom. The number of urea groups is 1. The molecule has 5 nitrogen and oxygen atoms in total. The van der Waals surface area contributed by atoms with Gasteiger partial charge in [0.2, 0.25) is 0 Å². The number of carbonyl (C=O) groups is 1. The van der Waals surface area contributed by atoms with Crippen LogP contribution in [0, 0.1) is 0 Å². The number of amides is 2. The first-order valence-electron chi connectivity index (χ1n) is 7.38. The van der Waals surface area contributed by atoms with Crippen LogP contribution in [0.1, 0.15) is 5.56 Å². The van der Waals surface area contributed by atoms with Crippen LogP contribution in [0.3, 0.4) is 0 Å². The molecule has 0 spiro atoms. The number of benzene rings is 2. The SMILES string of the molecule is O=C(Nc1ccc(-n2cc(Cl)cn2)cc1)Nc1ccccc1C(F)(F)F. The number of aromatic nitrogens is 2. The van der Waals surface area contributed by atoms with Gasteiger partial charge in [-0.1, -0.05) is 23.7 Å². The van der Waals surface area contributed by atoms with Crippen LogP contribution >= 0.6 is 11.6 Å². The van der Waals surface area contributed by atoms with Crippen molar-refractivity contribution in [2.45, 2.75) is 6.18 Å². The van der Waals surface area contributed by atoms with Crippen molar-refractivity contribution in [2.75, 3.05) is 10.6 Å². The monoisotopic (exact) mass is 380 g/mol. The van der Waals surface area contributed by atoms with Gasteiger partial charge in [0.25, 0.3) is 0 Å². The predicted molar refractivity (Wildman–Crippen MR) is 92.7 cm³/mol. The standard InChI is InChI=1S/C17H12ClF3N4O/c18-11-9-22-25(10-11)13-7-5-12(6-8-13)23-16(26)24-15-4-2-1-3-14(15)17(19,20)21/h1-10H,(H2,23,24,26). The maximum Gasteiger partial charge on any atom is 0.418 e. The molecule has 0 fully saturated rings. The van der Waals surface area contributed by atoms with Crippen LogP contribution in [0.4, 0.5) is 29.3 Å². The zero-order chi connectivity index (χ0) is 18.7. The average Bonchev–Trinajstić information content (AvgIpc) is 3.01. The molecule has 2 N–H and O–H groups in total. The van der Waals surface area contributed by atoms with E-state index in [1.165, 1.54) is 24.4 Å². The van der Waals surface area contributed by atoms with Gasteiger partial charge in [-0.3, -0.25) is 0 Å². The van der Waals surface area contributed by atoms with Crippen molar-refractivity contribution >= 4 is 29.0 Å². The lowest BCUT2D eigenvalue weighted by molar-refractivity contribution is -0.136. The van der Waals surface area contributed by atoms with Crippen molar-refractivity contribution in [3.8, 4) is 5.69 Å². The molecule has 0 bridgehead atoms. The molecule has 2 aromatic carbocycles. The van der Waals surface area contributed by atoms with Gasteiger partial charge < -0.3 is 10.6 Å². The van der Waals surface area contributed by atoms with E-state index in [1.54, 1.807) is 35.1 Å². The van der Waals surface area contributed by atoms with E-state index >= 15 is 0 Å². The zero-order valence-corrected chi connectivity index (χ0v) is 13.8. The maximum atomic E-state index is 12.9. The third kappa shape index (κ3) is 4.15. The lowest BCUT2D eigenvalue weighted by atomic mass is 10.1. The molecule has 3 aromatic rings. The van der Waals surface area contributed by atoms with E-state index in [0.29, 0.717) is 16.4 Å². The predicted octanol–water partition coefficient (Wildman–Crippen LogP) is 5.19.